The van der Waals surface area contributed by atoms with Crippen molar-refractivity contribution in [3.63, 3.8) is 0 Å². The van der Waals surface area contributed by atoms with Crippen LogP contribution in [-0.4, -0.2) is 42.5 Å². The maximum absolute atomic E-state index is 13.0. The molecule has 0 saturated carbocycles. The third kappa shape index (κ3) is 6.06. The van der Waals surface area contributed by atoms with Crippen LogP contribution in [0.5, 0.6) is 0 Å². The van der Waals surface area contributed by atoms with Gasteiger partial charge < -0.3 is 20.3 Å². The molecule has 0 bridgehead atoms. The summed E-state index contributed by atoms with van der Waals surface area (Å²) in [6, 6.07) is 12.1. The minimum absolute atomic E-state index is 0.125. The first-order valence-corrected chi connectivity index (χ1v) is 10.8. The number of piperidine rings is 1. The third-order valence-electron chi connectivity index (χ3n) is 5.68. The fourth-order valence-electron chi connectivity index (χ4n) is 3.75. The molecule has 7 nitrogen and oxygen atoms in total. The van der Waals surface area contributed by atoms with Gasteiger partial charge in [0.15, 0.2) is 0 Å². The summed E-state index contributed by atoms with van der Waals surface area (Å²) in [5, 5.41) is 5.64. The fraction of sp³-hybridized carbons (Fsp3) is 0.375. The van der Waals surface area contributed by atoms with Crippen molar-refractivity contribution in [2.75, 3.05) is 30.3 Å². The zero-order valence-corrected chi connectivity index (χ0v) is 18.3. The third-order valence-corrected chi connectivity index (χ3v) is 5.68. The Hall–Kier alpha value is -3.42. The fourth-order valence-corrected chi connectivity index (χ4v) is 3.75. The summed E-state index contributed by atoms with van der Waals surface area (Å²) in [6.45, 7) is 4.97. The molecule has 2 aromatic carbocycles. The van der Waals surface area contributed by atoms with Gasteiger partial charge in [-0.3, -0.25) is 4.79 Å². The Labute approximate surface area is 186 Å². The number of amides is 3. The van der Waals surface area contributed by atoms with E-state index in [1.54, 1.807) is 36.1 Å². The number of hydrogen-bond donors (Lipinski definition) is 2. The van der Waals surface area contributed by atoms with Crippen LogP contribution in [0, 0.1) is 17.7 Å². The van der Waals surface area contributed by atoms with Crippen LogP contribution in [0.15, 0.2) is 48.5 Å². The number of ether oxygens (including phenoxy) is 1. The number of nitrogens with one attached hydrogen (secondary N) is 2. The van der Waals surface area contributed by atoms with Crippen molar-refractivity contribution in [2.24, 2.45) is 11.8 Å². The van der Waals surface area contributed by atoms with Crippen molar-refractivity contribution in [3.8, 4) is 0 Å². The van der Waals surface area contributed by atoms with Crippen molar-refractivity contribution in [2.45, 2.75) is 26.7 Å². The number of rotatable bonds is 6. The van der Waals surface area contributed by atoms with E-state index in [4.69, 9.17) is 4.74 Å². The summed E-state index contributed by atoms with van der Waals surface area (Å²) in [5.74, 6) is -1.02. The zero-order valence-electron chi connectivity index (χ0n) is 18.3. The van der Waals surface area contributed by atoms with Crippen molar-refractivity contribution < 1.29 is 23.5 Å². The molecule has 1 fully saturated rings. The van der Waals surface area contributed by atoms with Crippen LogP contribution < -0.4 is 10.6 Å². The predicted octanol–water partition coefficient (Wildman–Crippen LogP) is 4.52. The maximum atomic E-state index is 13.0. The number of carbonyl (C=O) groups excluding carboxylic acids is 3. The van der Waals surface area contributed by atoms with Crippen molar-refractivity contribution >= 4 is 29.3 Å². The maximum Gasteiger partial charge on any atom is 0.338 e. The van der Waals surface area contributed by atoms with Gasteiger partial charge in [-0.05, 0) is 68.1 Å². The van der Waals surface area contributed by atoms with Gasteiger partial charge in [0, 0.05) is 30.4 Å². The lowest BCUT2D eigenvalue weighted by molar-refractivity contribution is -0.121. The highest BCUT2D eigenvalue weighted by molar-refractivity contribution is 5.95. The van der Waals surface area contributed by atoms with E-state index >= 15 is 0 Å². The zero-order chi connectivity index (χ0) is 23.1. The average molecular weight is 442 g/mol. The number of esters is 1. The van der Waals surface area contributed by atoms with Gasteiger partial charge in [0.2, 0.25) is 5.91 Å². The first-order chi connectivity index (χ1) is 15.4. The number of nitrogens with zero attached hydrogens (tertiary/aromatic N) is 1. The van der Waals surface area contributed by atoms with Crippen molar-refractivity contribution in [1.82, 2.24) is 4.90 Å². The minimum atomic E-state index is -0.428. The van der Waals surface area contributed by atoms with E-state index in [1.165, 1.54) is 24.3 Å². The molecule has 1 unspecified atom stereocenters. The van der Waals surface area contributed by atoms with E-state index < -0.39 is 5.97 Å². The lowest BCUT2D eigenvalue weighted by Crippen LogP contribution is -2.43. The molecule has 32 heavy (non-hydrogen) atoms. The van der Waals surface area contributed by atoms with E-state index in [2.05, 4.69) is 10.6 Å². The topological polar surface area (TPSA) is 87.7 Å². The molecule has 8 heteroatoms. The number of hydrogen-bond acceptors (Lipinski definition) is 4. The van der Waals surface area contributed by atoms with Crippen LogP contribution in [0.25, 0.3) is 0 Å². The summed E-state index contributed by atoms with van der Waals surface area (Å²) in [7, 11) is 0. The quantitative estimate of drug-likeness (QED) is 0.645. The van der Waals surface area contributed by atoms with Crippen LogP contribution in [0.4, 0.5) is 20.6 Å². The summed E-state index contributed by atoms with van der Waals surface area (Å²) < 4.78 is 18.0. The first-order valence-electron chi connectivity index (χ1n) is 10.8. The molecule has 2 N–H and O–H groups in total. The van der Waals surface area contributed by atoms with Crippen molar-refractivity contribution in [3.05, 3.63) is 59.9 Å². The van der Waals surface area contributed by atoms with Gasteiger partial charge in [0.05, 0.1) is 12.2 Å². The summed E-state index contributed by atoms with van der Waals surface area (Å²) >= 11 is 0. The Kier molecular flexibility index (Phi) is 7.81. The van der Waals surface area contributed by atoms with E-state index in [0.29, 0.717) is 42.9 Å². The molecule has 1 aliphatic heterocycles. The average Bonchev–Trinajstić information content (AvgIpc) is 2.80. The van der Waals surface area contributed by atoms with Gasteiger partial charge in [-0.15, -0.1) is 0 Å². The largest absolute Gasteiger partial charge is 0.462 e. The van der Waals surface area contributed by atoms with Crippen LogP contribution in [0.1, 0.15) is 37.0 Å². The summed E-state index contributed by atoms with van der Waals surface area (Å²) in [5.41, 5.74) is 1.47. The van der Waals surface area contributed by atoms with Crippen molar-refractivity contribution in [1.29, 1.82) is 0 Å². The van der Waals surface area contributed by atoms with Crippen LogP contribution >= 0.6 is 0 Å². The molecular weight excluding hydrogens is 413 g/mol. The Morgan fingerprint density at radius 3 is 2.41 bits per heavy atom. The summed E-state index contributed by atoms with van der Waals surface area (Å²) in [6.07, 6.45) is 1.41. The molecule has 3 amide bonds. The Balaban J connectivity index is 1.50. The van der Waals surface area contributed by atoms with E-state index in [1.807, 2.05) is 6.92 Å². The monoisotopic (exact) mass is 441 g/mol. The van der Waals surface area contributed by atoms with Gasteiger partial charge in [-0.2, -0.15) is 0 Å². The van der Waals surface area contributed by atoms with Crippen LogP contribution in [-0.2, 0) is 9.53 Å². The number of halogens is 1. The lowest BCUT2D eigenvalue weighted by atomic mass is 9.85. The second-order valence-corrected chi connectivity index (χ2v) is 7.84. The van der Waals surface area contributed by atoms with Gasteiger partial charge in [0.25, 0.3) is 0 Å². The molecular formula is C24H28FN3O4. The molecule has 3 rings (SSSR count). The number of anilines is 2. The van der Waals surface area contributed by atoms with Crippen LogP contribution in [0.2, 0.25) is 0 Å². The smallest absolute Gasteiger partial charge is 0.338 e. The highest BCUT2D eigenvalue weighted by Gasteiger charge is 2.30. The minimum Gasteiger partial charge on any atom is -0.462 e. The molecule has 170 valence electrons. The Bertz CT molecular complexity index is 956. The second kappa shape index (κ2) is 10.7. The SMILES string of the molecule is CCOC(=O)c1cccc(NC(=O)C(C)C2CCN(C(=O)Nc3ccc(F)cc3)CC2)c1. The molecule has 0 spiro atoms. The normalized spacial score (nSPS) is 15.0. The molecule has 0 aliphatic carbocycles. The predicted molar refractivity (Wildman–Crippen MR) is 120 cm³/mol. The highest BCUT2D eigenvalue weighted by atomic mass is 19.1. The molecule has 1 saturated heterocycles. The van der Waals surface area contributed by atoms with Gasteiger partial charge >= 0.3 is 12.0 Å². The van der Waals surface area contributed by atoms with E-state index in [0.717, 1.165) is 0 Å². The van der Waals surface area contributed by atoms with Gasteiger partial charge in [-0.25, -0.2) is 14.0 Å². The Morgan fingerprint density at radius 2 is 1.75 bits per heavy atom. The molecule has 1 atom stereocenters. The number of benzene rings is 2. The molecule has 2 aromatic rings. The summed E-state index contributed by atoms with van der Waals surface area (Å²) in [4.78, 5) is 38.8. The van der Waals surface area contributed by atoms with Gasteiger partial charge in [-0.1, -0.05) is 13.0 Å². The number of likely N-dealkylation sites (tertiary alicyclic amines) is 1. The molecule has 1 aliphatic rings. The number of carbonyl (C=O) groups is 3. The highest BCUT2D eigenvalue weighted by Crippen LogP contribution is 2.27. The lowest BCUT2D eigenvalue weighted by Gasteiger charge is -2.34. The molecule has 1 heterocycles. The molecule has 0 radical (unpaired) electrons. The van der Waals surface area contributed by atoms with Crippen LogP contribution in [0.3, 0.4) is 0 Å². The first kappa shape index (κ1) is 23.2. The second-order valence-electron chi connectivity index (χ2n) is 7.84. The standard InChI is InChI=1S/C24H28FN3O4/c1-3-32-23(30)18-5-4-6-21(15-18)26-22(29)16(2)17-11-13-28(14-12-17)24(31)27-20-9-7-19(25)8-10-20/h4-10,15-17H,3,11-14H2,1-2H3,(H,26,29)(H,27,31). The number of urea groups is 1. The molecule has 0 aromatic heterocycles. The Morgan fingerprint density at radius 1 is 1.06 bits per heavy atom. The van der Waals surface area contributed by atoms with E-state index in [9.17, 15) is 18.8 Å². The van der Waals surface area contributed by atoms with E-state index in [-0.39, 0.29) is 36.2 Å². The van der Waals surface area contributed by atoms with Gasteiger partial charge in [0.1, 0.15) is 5.82 Å².